The van der Waals surface area contributed by atoms with Crippen molar-refractivity contribution < 1.29 is 4.74 Å². The minimum absolute atomic E-state index is 0.554. The highest BCUT2D eigenvalue weighted by molar-refractivity contribution is 5.60. The molecule has 0 aliphatic heterocycles. The Morgan fingerprint density at radius 1 is 1.17 bits per heavy atom. The summed E-state index contributed by atoms with van der Waals surface area (Å²) in [6.07, 6.45) is 7.74. The van der Waals surface area contributed by atoms with Crippen LogP contribution in [0.3, 0.4) is 0 Å². The van der Waals surface area contributed by atoms with E-state index in [2.05, 4.69) is 43.1 Å². The maximum atomic E-state index is 5.74. The normalized spacial score (nSPS) is 11.1. The second-order valence-electron chi connectivity index (χ2n) is 6.71. The fourth-order valence-electron chi connectivity index (χ4n) is 2.50. The summed E-state index contributed by atoms with van der Waals surface area (Å²) >= 11 is 0. The van der Waals surface area contributed by atoms with E-state index in [1.165, 1.54) is 0 Å². The molecule has 2 aromatic heterocycles. The first kappa shape index (κ1) is 22.3. The SMILES string of the molecule is C/C=C(\C)NCNc1nc(NC)nc(NCc2cncc(OCCCC)c2)c1C. The first-order chi connectivity index (χ1) is 14.1. The van der Waals surface area contributed by atoms with Crippen molar-refractivity contribution in [2.45, 2.75) is 47.1 Å². The van der Waals surface area contributed by atoms with Crippen LogP contribution in [-0.4, -0.2) is 35.3 Å². The summed E-state index contributed by atoms with van der Waals surface area (Å²) in [5.74, 6) is 2.89. The quantitative estimate of drug-likeness (QED) is 0.315. The minimum atomic E-state index is 0.554. The fraction of sp³-hybridized carbons (Fsp3) is 0.476. The molecule has 0 saturated heterocycles. The second kappa shape index (κ2) is 11.7. The van der Waals surface area contributed by atoms with Gasteiger partial charge in [0.2, 0.25) is 5.95 Å². The highest BCUT2D eigenvalue weighted by Crippen LogP contribution is 2.22. The molecule has 0 aliphatic carbocycles. The molecule has 0 spiro atoms. The van der Waals surface area contributed by atoms with Gasteiger partial charge in [0.1, 0.15) is 17.4 Å². The van der Waals surface area contributed by atoms with Crippen molar-refractivity contribution in [3.63, 3.8) is 0 Å². The van der Waals surface area contributed by atoms with Crippen molar-refractivity contribution in [3.8, 4) is 5.75 Å². The van der Waals surface area contributed by atoms with Gasteiger partial charge in [0, 0.05) is 31.0 Å². The summed E-state index contributed by atoms with van der Waals surface area (Å²) in [6, 6.07) is 2.01. The maximum absolute atomic E-state index is 5.74. The van der Waals surface area contributed by atoms with Crippen LogP contribution in [0.4, 0.5) is 17.6 Å². The lowest BCUT2D eigenvalue weighted by molar-refractivity contribution is 0.308. The molecule has 158 valence electrons. The molecule has 0 aliphatic rings. The predicted octanol–water partition coefficient (Wildman–Crippen LogP) is 3.90. The van der Waals surface area contributed by atoms with Crippen molar-refractivity contribution in [1.82, 2.24) is 20.3 Å². The third-order valence-electron chi connectivity index (χ3n) is 4.42. The number of allylic oxidation sites excluding steroid dienone is 2. The first-order valence-corrected chi connectivity index (χ1v) is 10.0. The molecule has 2 aromatic rings. The van der Waals surface area contributed by atoms with Crippen molar-refractivity contribution in [3.05, 3.63) is 41.4 Å². The fourth-order valence-corrected chi connectivity index (χ4v) is 2.50. The Balaban J connectivity index is 2.06. The van der Waals surface area contributed by atoms with Gasteiger partial charge < -0.3 is 26.0 Å². The van der Waals surface area contributed by atoms with Crippen LogP contribution in [0.25, 0.3) is 0 Å². The number of rotatable bonds is 12. The Hall–Kier alpha value is -3.03. The molecule has 2 rings (SSSR count). The van der Waals surface area contributed by atoms with E-state index in [1.807, 2.05) is 46.2 Å². The number of nitrogens with zero attached hydrogens (tertiary/aromatic N) is 3. The Bertz CT molecular complexity index is 808. The number of pyridine rings is 1. The maximum Gasteiger partial charge on any atom is 0.226 e. The topological polar surface area (TPSA) is 96.0 Å². The summed E-state index contributed by atoms with van der Waals surface area (Å²) in [5.41, 5.74) is 3.08. The van der Waals surface area contributed by atoms with Gasteiger partial charge in [-0.25, -0.2) is 0 Å². The van der Waals surface area contributed by atoms with Crippen LogP contribution in [0.15, 0.2) is 30.2 Å². The van der Waals surface area contributed by atoms with Gasteiger partial charge in [0.15, 0.2) is 0 Å². The Morgan fingerprint density at radius 3 is 2.62 bits per heavy atom. The van der Waals surface area contributed by atoms with Crippen LogP contribution in [0.2, 0.25) is 0 Å². The highest BCUT2D eigenvalue weighted by atomic mass is 16.5. The molecular formula is C21H33N7O. The van der Waals surface area contributed by atoms with E-state index in [1.54, 1.807) is 6.20 Å². The van der Waals surface area contributed by atoms with Gasteiger partial charge in [0.05, 0.1) is 19.5 Å². The molecule has 0 unspecified atom stereocenters. The van der Waals surface area contributed by atoms with Gasteiger partial charge in [0.25, 0.3) is 0 Å². The number of unbranched alkanes of at least 4 members (excludes halogenated alkanes) is 1. The van der Waals surface area contributed by atoms with Crippen LogP contribution in [0.1, 0.15) is 44.7 Å². The van der Waals surface area contributed by atoms with E-state index in [-0.39, 0.29) is 0 Å². The van der Waals surface area contributed by atoms with E-state index in [0.29, 0.717) is 25.8 Å². The molecule has 4 N–H and O–H groups in total. The molecule has 0 atom stereocenters. The molecule has 29 heavy (non-hydrogen) atoms. The molecule has 0 saturated carbocycles. The molecule has 0 radical (unpaired) electrons. The van der Waals surface area contributed by atoms with Gasteiger partial charge in [-0.3, -0.25) is 4.98 Å². The van der Waals surface area contributed by atoms with Crippen molar-refractivity contribution in [2.24, 2.45) is 0 Å². The van der Waals surface area contributed by atoms with Gasteiger partial charge >= 0.3 is 0 Å². The van der Waals surface area contributed by atoms with E-state index in [4.69, 9.17) is 4.74 Å². The molecule has 0 fully saturated rings. The van der Waals surface area contributed by atoms with E-state index >= 15 is 0 Å². The Kier molecular flexibility index (Phi) is 9.01. The molecular weight excluding hydrogens is 366 g/mol. The van der Waals surface area contributed by atoms with Gasteiger partial charge in [-0.2, -0.15) is 9.97 Å². The number of hydrogen-bond acceptors (Lipinski definition) is 8. The lowest BCUT2D eigenvalue weighted by Gasteiger charge is -2.16. The highest BCUT2D eigenvalue weighted by Gasteiger charge is 2.10. The van der Waals surface area contributed by atoms with E-state index in [0.717, 1.165) is 47.1 Å². The number of ether oxygens (including phenoxy) is 1. The predicted molar refractivity (Wildman–Crippen MR) is 119 cm³/mol. The van der Waals surface area contributed by atoms with Crippen molar-refractivity contribution in [2.75, 3.05) is 36.3 Å². The van der Waals surface area contributed by atoms with Gasteiger partial charge in [-0.15, -0.1) is 0 Å². The zero-order valence-corrected chi connectivity index (χ0v) is 18.1. The van der Waals surface area contributed by atoms with E-state index < -0.39 is 0 Å². The summed E-state index contributed by atoms with van der Waals surface area (Å²) in [5, 5.41) is 13.0. The first-order valence-electron chi connectivity index (χ1n) is 10.0. The smallest absolute Gasteiger partial charge is 0.226 e. The number of anilines is 3. The largest absolute Gasteiger partial charge is 0.492 e. The van der Waals surface area contributed by atoms with Crippen LogP contribution in [0.5, 0.6) is 5.75 Å². The summed E-state index contributed by atoms with van der Waals surface area (Å²) in [6.45, 7) is 10.0. The van der Waals surface area contributed by atoms with E-state index in [9.17, 15) is 0 Å². The monoisotopic (exact) mass is 399 g/mol. The number of aromatic nitrogens is 3. The van der Waals surface area contributed by atoms with Gasteiger partial charge in [-0.1, -0.05) is 19.4 Å². The lowest BCUT2D eigenvalue weighted by atomic mass is 10.2. The average Bonchev–Trinajstić information content (AvgIpc) is 2.74. The average molecular weight is 400 g/mol. The molecule has 2 heterocycles. The van der Waals surface area contributed by atoms with Crippen LogP contribution < -0.4 is 26.0 Å². The summed E-state index contributed by atoms with van der Waals surface area (Å²) < 4.78 is 5.74. The van der Waals surface area contributed by atoms with Gasteiger partial charge in [-0.05, 0) is 38.8 Å². The minimum Gasteiger partial charge on any atom is -0.492 e. The third-order valence-corrected chi connectivity index (χ3v) is 4.42. The second-order valence-corrected chi connectivity index (χ2v) is 6.71. The lowest BCUT2D eigenvalue weighted by Crippen LogP contribution is -2.21. The summed E-state index contributed by atoms with van der Waals surface area (Å²) in [7, 11) is 1.81. The third kappa shape index (κ3) is 7.14. The number of hydrogen-bond donors (Lipinski definition) is 4. The molecule has 0 bridgehead atoms. The standard InChI is InChI=1S/C21H33N7O/c1-6-8-9-29-18-10-17(11-23-13-18)12-24-19-16(4)20(28-21(22-5)27-19)26-14-25-15(3)7-2/h7,10-11,13,25H,6,8-9,12,14H2,1-5H3,(H3,22,24,26,27,28)/b15-7+. The zero-order valence-electron chi connectivity index (χ0n) is 18.1. The molecule has 8 nitrogen and oxygen atoms in total. The zero-order chi connectivity index (χ0) is 21.1. The van der Waals surface area contributed by atoms with Crippen molar-refractivity contribution >= 4 is 17.6 Å². The van der Waals surface area contributed by atoms with Crippen molar-refractivity contribution in [1.29, 1.82) is 0 Å². The number of nitrogens with one attached hydrogen (secondary N) is 4. The molecule has 8 heteroatoms. The Labute approximate surface area is 173 Å². The molecule has 0 amide bonds. The van der Waals surface area contributed by atoms with Crippen LogP contribution in [-0.2, 0) is 6.54 Å². The molecule has 0 aromatic carbocycles. The summed E-state index contributed by atoms with van der Waals surface area (Å²) in [4.78, 5) is 13.4. The Morgan fingerprint density at radius 2 is 1.93 bits per heavy atom. The van der Waals surface area contributed by atoms with Crippen LogP contribution in [0, 0.1) is 6.92 Å². The van der Waals surface area contributed by atoms with Crippen LogP contribution >= 0.6 is 0 Å².